The predicted molar refractivity (Wildman–Crippen MR) is 149 cm³/mol. The smallest absolute Gasteiger partial charge is 0.255 e. The maximum Gasteiger partial charge on any atom is 0.255 e. The molecule has 2 amide bonds. The van der Waals surface area contributed by atoms with Crippen molar-refractivity contribution in [3.05, 3.63) is 114 Å². The Morgan fingerprint density at radius 1 is 0.895 bits per heavy atom. The van der Waals surface area contributed by atoms with E-state index < -0.39 is 0 Å². The summed E-state index contributed by atoms with van der Waals surface area (Å²) in [6, 6.07) is 23.1. The van der Waals surface area contributed by atoms with E-state index in [2.05, 4.69) is 15.6 Å². The molecule has 0 spiro atoms. The number of carbonyl (C=O) groups is 2. The minimum atomic E-state index is -0.269. The molecule has 0 saturated carbocycles. The molecule has 8 heteroatoms. The maximum atomic E-state index is 13.3. The Kier molecular flexibility index (Phi) is 8.35. The summed E-state index contributed by atoms with van der Waals surface area (Å²) in [5, 5.41) is 5.76. The predicted octanol–water partition coefficient (Wildman–Crippen LogP) is 4.79. The van der Waals surface area contributed by atoms with Gasteiger partial charge in [0.1, 0.15) is 0 Å². The number of anilines is 2. The number of para-hydroxylation sites is 2. The number of hydrogen-bond acceptors (Lipinski definition) is 6. The van der Waals surface area contributed by atoms with Crippen LogP contribution in [0.25, 0.3) is 11.6 Å². The number of hydrogen-bond donors (Lipinski definition) is 3. The molecule has 1 aromatic heterocycles. The lowest BCUT2D eigenvalue weighted by Gasteiger charge is -2.12. The molecule has 38 heavy (non-hydrogen) atoms. The van der Waals surface area contributed by atoms with E-state index in [0.717, 1.165) is 11.1 Å². The number of rotatable bonds is 9. The second-order valence-electron chi connectivity index (χ2n) is 8.34. The van der Waals surface area contributed by atoms with Gasteiger partial charge >= 0.3 is 0 Å². The van der Waals surface area contributed by atoms with Crippen molar-refractivity contribution in [2.24, 2.45) is 0 Å². The topological polar surface area (TPSA) is 116 Å². The summed E-state index contributed by atoms with van der Waals surface area (Å²) in [7, 11) is 3.13. The Bertz CT molecular complexity index is 1450. The minimum Gasteiger partial charge on any atom is -0.493 e. The number of nitrogen functional groups attached to an aromatic ring is 1. The molecule has 0 aliphatic heterocycles. The van der Waals surface area contributed by atoms with Gasteiger partial charge in [-0.15, -0.1) is 0 Å². The second kappa shape index (κ2) is 12.2. The third kappa shape index (κ3) is 6.36. The second-order valence-corrected chi connectivity index (χ2v) is 8.34. The summed E-state index contributed by atoms with van der Waals surface area (Å²) in [4.78, 5) is 30.0. The quantitative estimate of drug-likeness (QED) is 0.221. The molecule has 0 atom stereocenters. The van der Waals surface area contributed by atoms with E-state index in [1.54, 1.807) is 99.4 Å². The van der Waals surface area contributed by atoms with Gasteiger partial charge in [-0.2, -0.15) is 0 Å². The fourth-order valence-corrected chi connectivity index (χ4v) is 3.77. The molecule has 3 aromatic carbocycles. The van der Waals surface area contributed by atoms with Gasteiger partial charge in [0.05, 0.1) is 25.6 Å². The summed E-state index contributed by atoms with van der Waals surface area (Å²) < 4.78 is 10.7. The lowest BCUT2D eigenvalue weighted by Crippen LogP contribution is -2.24. The minimum absolute atomic E-state index is 0.268. The Morgan fingerprint density at radius 3 is 2.34 bits per heavy atom. The summed E-state index contributed by atoms with van der Waals surface area (Å²) in [5.74, 6) is 0.622. The number of benzene rings is 3. The molecular formula is C30H28N4O4. The monoisotopic (exact) mass is 508 g/mol. The molecule has 0 fully saturated rings. The molecule has 0 saturated heterocycles. The van der Waals surface area contributed by atoms with E-state index in [0.29, 0.717) is 39.6 Å². The molecule has 4 N–H and O–H groups in total. The first kappa shape index (κ1) is 26.0. The highest BCUT2D eigenvalue weighted by Gasteiger charge is 2.14. The number of nitrogens with zero attached hydrogens (tertiary/aromatic N) is 1. The van der Waals surface area contributed by atoms with E-state index in [9.17, 15) is 9.59 Å². The Hall–Kier alpha value is -5.11. The third-order valence-electron chi connectivity index (χ3n) is 5.81. The fraction of sp³-hybridized carbons (Fsp3) is 0.100. The number of pyridine rings is 1. The molecule has 0 aliphatic rings. The van der Waals surface area contributed by atoms with Crippen LogP contribution in [0.15, 0.2) is 91.3 Å². The van der Waals surface area contributed by atoms with Crippen LogP contribution in [0.4, 0.5) is 11.4 Å². The first-order chi connectivity index (χ1) is 18.5. The van der Waals surface area contributed by atoms with Crippen molar-refractivity contribution in [3.63, 3.8) is 0 Å². The number of amides is 2. The van der Waals surface area contributed by atoms with Crippen LogP contribution in [0.5, 0.6) is 11.5 Å². The molecule has 0 unspecified atom stereocenters. The summed E-state index contributed by atoms with van der Waals surface area (Å²) in [6.45, 7) is 0.274. The summed E-state index contributed by atoms with van der Waals surface area (Å²) >= 11 is 0. The maximum absolute atomic E-state index is 13.3. The lowest BCUT2D eigenvalue weighted by molar-refractivity contribution is -0.115. The van der Waals surface area contributed by atoms with Gasteiger partial charge in [0, 0.05) is 35.6 Å². The van der Waals surface area contributed by atoms with Crippen molar-refractivity contribution in [1.82, 2.24) is 10.3 Å². The highest BCUT2D eigenvalue weighted by atomic mass is 16.5. The third-order valence-corrected chi connectivity index (χ3v) is 5.81. The zero-order chi connectivity index (χ0) is 26.9. The highest BCUT2D eigenvalue weighted by molar-refractivity contribution is 6.24. The van der Waals surface area contributed by atoms with E-state index in [1.807, 2.05) is 12.1 Å². The zero-order valence-corrected chi connectivity index (χ0v) is 21.1. The molecule has 4 aromatic rings. The zero-order valence-electron chi connectivity index (χ0n) is 21.1. The number of nitrogens with two attached hydrogens (primary N) is 1. The van der Waals surface area contributed by atoms with Crippen molar-refractivity contribution in [1.29, 1.82) is 0 Å². The largest absolute Gasteiger partial charge is 0.493 e. The van der Waals surface area contributed by atoms with Crippen LogP contribution in [-0.4, -0.2) is 31.0 Å². The van der Waals surface area contributed by atoms with Gasteiger partial charge in [0.25, 0.3) is 11.8 Å². The number of aromatic nitrogens is 1. The summed E-state index contributed by atoms with van der Waals surface area (Å²) in [6.07, 6.45) is 5.06. The van der Waals surface area contributed by atoms with Crippen LogP contribution in [-0.2, 0) is 11.3 Å². The van der Waals surface area contributed by atoms with Gasteiger partial charge in [-0.3, -0.25) is 14.6 Å². The van der Waals surface area contributed by atoms with Crippen molar-refractivity contribution in [3.8, 4) is 11.5 Å². The van der Waals surface area contributed by atoms with E-state index in [4.69, 9.17) is 15.2 Å². The van der Waals surface area contributed by atoms with E-state index in [-0.39, 0.29) is 18.4 Å². The van der Waals surface area contributed by atoms with Gasteiger partial charge in [-0.1, -0.05) is 36.4 Å². The van der Waals surface area contributed by atoms with Gasteiger partial charge in [0.15, 0.2) is 11.5 Å². The standard InChI is InChI=1S/C30H28N4O4/c1-37-27-14-11-21(17-28(27)38-2)16-24(23-6-5-15-32-19-23)30(36)33-18-20-9-12-22(13-10-20)29(35)34-26-8-4-3-7-25(26)31/h3-17,19H,18,31H2,1-2H3,(H,33,36)(H,34,35). The van der Waals surface area contributed by atoms with Crippen molar-refractivity contribution in [2.45, 2.75) is 6.54 Å². The average molecular weight is 509 g/mol. The Labute approximate surface area is 221 Å². The van der Waals surface area contributed by atoms with Crippen LogP contribution in [0, 0.1) is 0 Å². The molecule has 8 nitrogen and oxygen atoms in total. The van der Waals surface area contributed by atoms with Gasteiger partial charge in [-0.25, -0.2) is 0 Å². The fourth-order valence-electron chi connectivity index (χ4n) is 3.77. The number of nitrogens with one attached hydrogen (secondary N) is 2. The van der Waals surface area contributed by atoms with Crippen LogP contribution >= 0.6 is 0 Å². The highest BCUT2D eigenvalue weighted by Crippen LogP contribution is 2.29. The number of methoxy groups -OCH3 is 2. The molecule has 0 bridgehead atoms. The molecule has 0 aliphatic carbocycles. The van der Waals surface area contributed by atoms with Crippen molar-refractivity contribution >= 4 is 34.8 Å². The van der Waals surface area contributed by atoms with Gasteiger partial charge < -0.3 is 25.8 Å². The van der Waals surface area contributed by atoms with E-state index in [1.165, 1.54) is 0 Å². The van der Waals surface area contributed by atoms with Crippen molar-refractivity contribution < 1.29 is 19.1 Å². The normalized spacial score (nSPS) is 10.9. The van der Waals surface area contributed by atoms with Crippen LogP contribution in [0.1, 0.15) is 27.0 Å². The SMILES string of the molecule is COc1ccc(C=C(C(=O)NCc2ccc(C(=O)Nc3ccccc3N)cc2)c2cccnc2)cc1OC. The molecular weight excluding hydrogens is 480 g/mol. The van der Waals surface area contributed by atoms with E-state index >= 15 is 0 Å². The van der Waals surface area contributed by atoms with Gasteiger partial charge in [-0.05, 0) is 59.7 Å². The van der Waals surface area contributed by atoms with Crippen LogP contribution in [0.2, 0.25) is 0 Å². The summed E-state index contributed by atoms with van der Waals surface area (Å²) in [5.41, 5.74) is 10.2. The van der Waals surface area contributed by atoms with Crippen LogP contribution < -0.4 is 25.8 Å². The average Bonchev–Trinajstić information content (AvgIpc) is 2.96. The number of ether oxygens (including phenoxy) is 2. The molecule has 4 rings (SSSR count). The Balaban J connectivity index is 1.48. The molecule has 1 heterocycles. The Morgan fingerprint density at radius 2 is 1.66 bits per heavy atom. The first-order valence-corrected chi connectivity index (χ1v) is 11.9. The van der Waals surface area contributed by atoms with Crippen molar-refractivity contribution in [2.75, 3.05) is 25.3 Å². The molecule has 0 radical (unpaired) electrons. The number of carbonyl (C=O) groups excluding carboxylic acids is 2. The van der Waals surface area contributed by atoms with Gasteiger partial charge in [0.2, 0.25) is 0 Å². The molecule has 192 valence electrons. The first-order valence-electron chi connectivity index (χ1n) is 11.9. The van der Waals surface area contributed by atoms with Crippen LogP contribution in [0.3, 0.4) is 0 Å². The lowest BCUT2D eigenvalue weighted by atomic mass is 10.0.